The van der Waals surface area contributed by atoms with E-state index in [2.05, 4.69) is 24.5 Å². The highest BCUT2D eigenvalue weighted by Gasteiger charge is 2.27. The summed E-state index contributed by atoms with van der Waals surface area (Å²) >= 11 is 0. The Kier molecular flexibility index (Phi) is 6.41. The van der Waals surface area contributed by atoms with Crippen molar-refractivity contribution in [2.75, 3.05) is 47.1 Å². The first-order valence-electron chi connectivity index (χ1n) is 6.54. The van der Waals surface area contributed by atoms with Gasteiger partial charge in [-0.1, -0.05) is 13.8 Å². The summed E-state index contributed by atoms with van der Waals surface area (Å²) in [4.78, 5) is 0. The van der Waals surface area contributed by atoms with Crippen molar-refractivity contribution < 1.29 is 9.47 Å². The van der Waals surface area contributed by atoms with Crippen molar-refractivity contribution in [3.05, 3.63) is 0 Å². The zero-order chi connectivity index (χ0) is 12.7. The van der Waals surface area contributed by atoms with Gasteiger partial charge >= 0.3 is 0 Å². The highest BCUT2D eigenvalue weighted by Crippen LogP contribution is 2.19. The number of ether oxygens (including phenoxy) is 2. The molecule has 0 saturated carbocycles. The lowest BCUT2D eigenvalue weighted by Gasteiger charge is -2.26. The first kappa shape index (κ1) is 14.9. The molecule has 102 valence electrons. The molecule has 0 radical (unpaired) electrons. The van der Waals surface area contributed by atoms with Gasteiger partial charge in [-0.05, 0) is 18.9 Å². The number of methoxy groups -OCH3 is 1. The van der Waals surface area contributed by atoms with Gasteiger partial charge < -0.3 is 20.1 Å². The van der Waals surface area contributed by atoms with Crippen LogP contribution in [0.1, 0.15) is 20.3 Å². The third kappa shape index (κ3) is 5.34. The molecule has 0 spiro atoms. The average molecular weight is 244 g/mol. The summed E-state index contributed by atoms with van der Waals surface area (Å²) in [5.74, 6) is 0.596. The Labute approximate surface area is 105 Å². The third-order valence-electron chi connectivity index (χ3n) is 3.56. The number of hydrogen-bond acceptors (Lipinski definition) is 4. The molecular weight excluding hydrogens is 216 g/mol. The van der Waals surface area contributed by atoms with E-state index >= 15 is 0 Å². The largest absolute Gasteiger partial charge is 0.385 e. The van der Waals surface area contributed by atoms with Crippen LogP contribution in [-0.4, -0.2) is 53.1 Å². The van der Waals surface area contributed by atoms with E-state index < -0.39 is 0 Å². The van der Waals surface area contributed by atoms with Crippen LogP contribution >= 0.6 is 0 Å². The first-order valence-corrected chi connectivity index (χ1v) is 6.54. The van der Waals surface area contributed by atoms with E-state index in [0.29, 0.717) is 17.4 Å². The molecule has 0 aromatic rings. The van der Waals surface area contributed by atoms with Crippen LogP contribution in [0.15, 0.2) is 0 Å². The van der Waals surface area contributed by atoms with Gasteiger partial charge in [-0.25, -0.2) is 0 Å². The molecule has 0 aliphatic carbocycles. The number of nitrogens with one attached hydrogen (secondary N) is 2. The molecule has 2 N–H and O–H groups in total. The van der Waals surface area contributed by atoms with Crippen molar-refractivity contribution in [1.82, 2.24) is 10.6 Å². The van der Waals surface area contributed by atoms with Gasteiger partial charge in [0.05, 0.1) is 13.2 Å². The maximum Gasteiger partial charge on any atom is 0.0623 e. The average Bonchev–Trinajstić information content (AvgIpc) is 2.74. The van der Waals surface area contributed by atoms with Crippen LogP contribution in [0.4, 0.5) is 0 Å². The smallest absolute Gasteiger partial charge is 0.0623 e. The predicted octanol–water partition coefficient (Wildman–Crippen LogP) is 0.873. The van der Waals surface area contributed by atoms with Crippen molar-refractivity contribution in [3.63, 3.8) is 0 Å². The maximum absolute atomic E-state index is 5.49. The summed E-state index contributed by atoms with van der Waals surface area (Å²) in [6.07, 6.45) is 1.09. The Balaban J connectivity index is 2.18. The summed E-state index contributed by atoms with van der Waals surface area (Å²) in [5.41, 5.74) is 0.296. The molecule has 0 amide bonds. The van der Waals surface area contributed by atoms with Crippen molar-refractivity contribution >= 4 is 0 Å². The first-order chi connectivity index (χ1) is 8.09. The van der Waals surface area contributed by atoms with Crippen molar-refractivity contribution in [2.45, 2.75) is 26.3 Å². The lowest BCUT2D eigenvalue weighted by Crippen LogP contribution is -2.40. The van der Waals surface area contributed by atoms with Gasteiger partial charge in [-0.2, -0.15) is 0 Å². The number of hydrogen-bond donors (Lipinski definition) is 2. The molecule has 2 unspecified atom stereocenters. The Morgan fingerprint density at radius 1 is 1.35 bits per heavy atom. The highest BCUT2D eigenvalue weighted by atomic mass is 16.5. The third-order valence-corrected chi connectivity index (χ3v) is 3.56. The highest BCUT2D eigenvalue weighted by molar-refractivity contribution is 4.82. The topological polar surface area (TPSA) is 42.5 Å². The maximum atomic E-state index is 5.49. The van der Waals surface area contributed by atoms with Gasteiger partial charge in [-0.3, -0.25) is 0 Å². The molecule has 0 bridgehead atoms. The molecule has 0 aromatic carbocycles. The lowest BCUT2D eigenvalue weighted by atomic mass is 9.89. The summed E-state index contributed by atoms with van der Waals surface area (Å²) in [6, 6.07) is 0.504. The standard InChI is InChI=1S/C13H28N2O2/c1-13(2,5-6-16-4)10-15-7-11-8-17-9-12(11)14-3/h11-12,14-15H,5-10H2,1-4H3. The molecular formula is C13H28N2O2. The second-order valence-corrected chi connectivity index (χ2v) is 5.73. The van der Waals surface area contributed by atoms with Gasteiger partial charge in [0.15, 0.2) is 0 Å². The summed E-state index contributed by atoms with van der Waals surface area (Å²) in [5, 5.41) is 6.88. The molecule has 1 fully saturated rings. The summed E-state index contributed by atoms with van der Waals surface area (Å²) in [7, 11) is 3.77. The Bertz CT molecular complexity index is 210. The molecule has 1 saturated heterocycles. The predicted molar refractivity (Wildman–Crippen MR) is 70.3 cm³/mol. The Morgan fingerprint density at radius 3 is 2.76 bits per heavy atom. The molecule has 0 aromatic heterocycles. The fourth-order valence-corrected chi connectivity index (χ4v) is 2.18. The molecule has 1 aliphatic heterocycles. The van der Waals surface area contributed by atoms with E-state index in [4.69, 9.17) is 9.47 Å². The van der Waals surface area contributed by atoms with Crippen LogP contribution in [0.25, 0.3) is 0 Å². The van der Waals surface area contributed by atoms with Crippen LogP contribution in [0.2, 0.25) is 0 Å². The lowest BCUT2D eigenvalue weighted by molar-refractivity contribution is 0.149. The van der Waals surface area contributed by atoms with E-state index in [9.17, 15) is 0 Å². The Morgan fingerprint density at radius 2 is 2.12 bits per heavy atom. The molecule has 1 rings (SSSR count). The summed E-state index contributed by atoms with van der Waals surface area (Å²) in [6.45, 7) is 9.16. The molecule has 1 aliphatic rings. The second kappa shape index (κ2) is 7.31. The fourth-order valence-electron chi connectivity index (χ4n) is 2.18. The monoisotopic (exact) mass is 244 g/mol. The van der Waals surface area contributed by atoms with E-state index in [0.717, 1.165) is 39.3 Å². The van der Waals surface area contributed by atoms with E-state index in [-0.39, 0.29) is 0 Å². The molecule has 4 nitrogen and oxygen atoms in total. The van der Waals surface area contributed by atoms with Crippen molar-refractivity contribution in [1.29, 1.82) is 0 Å². The van der Waals surface area contributed by atoms with E-state index in [1.54, 1.807) is 7.11 Å². The number of rotatable bonds is 8. The summed E-state index contributed by atoms with van der Waals surface area (Å²) < 4.78 is 10.6. The zero-order valence-corrected chi connectivity index (χ0v) is 11.7. The quantitative estimate of drug-likeness (QED) is 0.665. The normalized spacial score (nSPS) is 25.4. The van der Waals surface area contributed by atoms with Crippen molar-refractivity contribution in [2.24, 2.45) is 11.3 Å². The van der Waals surface area contributed by atoms with Crippen LogP contribution in [0.5, 0.6) is 0 Å². The van der Waals surface area contributed by atoms with E-state index in [1.807, 2.05) is 7.05 Å². The van der Waals surface area contributed by atoms with Crippen LogP contribution in [-0.2, 0) is 9.47 Å². The molecule has 4 heteroatoms. The minimum atomic E-state index is 0.296. The van der Waals surface area contributed by atoms with Crippen molar-refractivity contribution in [3.8, 4) is 0 Å². The minimum Gasteiger partial charge on any atom is -0.385 e. The SMILES string of the molecule is CNC1COCC1CNCC(C)(C)CCOC. The number of likely N-dealkylation sites (N-methyl/N-ethyl adjacent to an activating group) is 1. The fraction of sp³-hybridized carbons (Fsp3) is 1.00. The van der Waals surface area contributed by atoms with E-state index in [1.165, 1.54) is 0 Å². The van der Waals surface area contributed by atoms with Gasteiger partial charge in [0.25, 0.3) is 0 Å². The van der Waals surface area contributed by atoms with Gasteiger partial charge in [0.2, 0.25) is 0 Å². The van der Waals surface area contributed by atoms with Gasteiger partial charge in [0.1, 0.15) is 0 Å². The van der Waals surface area contributed by atoms with Crippen LogP contribution in [0.3, 0.4) is 0 Å². The second-order valence-electron chi connectivity index (χ2n) is 5.73. The Hall–Kier alpha value is -0.160. The molecule has 17 heavy (non-hydrogen) atoms. The minimum absolute atomic E-state index is 0.296. The van der Waals surface area contributed by atoms with Gasteiger partial charge in [0, 0.05) is 38.8 Å². The van der Waals surface area contributed by atoms with Gasteiger partial charge in [-0.15, -0.1) is 0 Å². The molecule has 1 heterocycles. The van der Waals surface area contributed by atoms with Crippen LogP contribution < -0.4 is 10.6 Å². The molecule has 2 atom stereocenters. The van der Waals surface area contributed by atoms with Crippen LogP contribution in [0, 0.1) is 11.3 Å². The zero-order valence-electron chi connectivity index (χ0n) is 11.7.